The van der Waals surface area contributed by atoms with Crippen molar-refractivity contribution in [3.05, 3.63) is 29.3 Å². The van der Waals surface area contributed by atoms with E-state index in [-0.39, 0.29) is 44.7 Å². The zero-order chi connectivity index (χ0) is 16.8. The third-order valence-corrected chi connectivity index (χ3v) is 3.87. The van der Waals surface area contributed by atoms with Crippen molar-refractivity contribution in [1.29, 1.82) is 0 Å². The molecule has 2 rings (SSSR count). The number of hydrogen-bond acceptors (Lipinski definition) is 4. The molecule has 1 aromatic carbocycles. The average molecular weight is 342 g/mol. The van der Waals surface area contributed by atoms with Crippen LogP contribution in [0.3, 0.4) is 0 Å². The van der Waals surface area contributed by atoms with Gasteiger partial charge >= 0.3 is 6.03 Å². The van der Waals surface area contributed by atoms with Crippen LogP contribution in [0, 0.1) is 0 Å². The maximum atomic E-state index is 12.1. The van der Waals surface area contributed by atoms with Crippen LogP contribution in [0.25, 0.3) is 0 Å². The molecule has 0 spiro atoms. The van der Waals surface area contributed by atoms with Gasteiger partial charge in [0.1, 0.15) is 0 Å². The molecule has 23 heavy (non-hydrogen) atoms. The maximum Gasteiger partial charge on any atom is 0.317 e. The Morgan fingerprint density at radius 2 is 1.87 bits per heavy atom. The smallest absolute Gasteiger partial charge is 0.317 e. The number of urea groups is 1. The van der Waals surface area contributed by atoms with E-state index in [0.29, 0.717) is 11.6 Å². The summed E-state index contributed by atoms with van der Waals surface area (Å²) in [5.74, 6) is -0.0755. The Hall–Kier alpha value is -1.83. The molecule has 0 radical (unpaired) electrons. The largest absolute Gasteiger partial charge is 0.395 e. The van der Waals surface area contributed by atoms with Crippen LogP contribution in [0.15, 0.2) is 24.3 Å². The lowest BCUT2D eigenvalue weighted by molar-refractivity contribution is -0.117. The van der Waals surface area contributed by atoms with Crippen molar-refractivity contribution < 1.29 is 19.8 Å². The van der Waals surface area contributed by atoms with Gasteiger partial charge in [-0.2, -0.15) is 0 Å². The Balaban J connectivity index is 1.96. The second-order valence-electron chi connectivity index (χ2n) is 5.27. The van der Waals surface area contributed by atoms with Gasteiger partial charge in [-0.05, 0) is 24.3 Å². The van der Waals surface area contributed by atoms with Crippen molar-refractivity contribution in [1.82, 2.24) is 10.2 Å². The quantitative estimate of drug-likeness (QED) is 0.700. The van der Waals surface area contributed by atoms with E-state index < -0.39 is 6.03 Å². The number of rotatable bonds is 6. The van der Waals surface area contributed by atoms with Crippen LogP contribution in [-0.4, -0.2) is 65.9 Å². The zero-order valence-electron chi connectivity index (χ0n) is 12.6. The number of anilines is 1. The summed E-state index contributed by atoms with van der Waals surface area (Å²) < 4.78 is 0. The van der Waals surface area contributed by atoms with E-state index in [1.54, 1.807) is 29.2 Å². The van der Waals surface area contributed by atoms with E-state index in [1.165, 1.54) is 4.90 Å². The fraction of sp³-hybridized carbons (Fsp3) is 0.467. The Labute approximate surface area is 139 Å². The van der Waals surface area contributed by atoms with E-state index >= 15 is 0 Å². The minimum absolute atomic E-state index is 0.0755. The van der Waals surface area contributed by atoms with Crippen molar-refractivity contribution in [3.8, 4) is 0 Å². The molecular weight excluding hydrogens is 322 g/mol. The molecule has 8 heteroatoms. The van der Waals surface area contributed by atoms with Gasteiger partial charge in [-0.15, -0.1) is 0 Å². The van der Waals surface area contributed by atoms with Crippen LogP contribution < -0.4 is 10.2 Å². The summed E-state index contributed by atoms with van der Waals surface area (Å²) >= 11 is 5.84. The van der Waals surface area contributed by atoms with Gasteiger partial charge in [-0.25, -0.2) is 4.79 Å². The lowest BCUT2D eigenvalue weighted by Crippen LogP contribution is -2.47. The van der Waals surface area contributed by atoms with Gasteiger partial charge in [-0.1, -0.05) is 11.6 Å². The molecule has 1 saturated heterocycles. The summed E-state index contributed by atoms with van der Waals surface area (Å²) in [6.45, 7) is 0.266. The first-order valence-electron chi connectivity index (χ1n) is 7.38. The summed E-state index contributed by atoms with van der Waals surface area (Å²) in [4.78, 5) is 27.2. The summed E-state index contributed by atoms with van der Waals surface area (Å²) in [5.41, 5.74) is 0.735. The normalized spacial score (nSPS) is 17.4. The van der Waals surface area contributed by atoms with Crippen LogP contribution in [0.4, 0.5) is 10.5 Å². The molecule has 0 aromatic heterocycles. The highest BCUT2D eigenvalue weighted by Gasteiger charge is 2.32. The molecule has 0 bridgehead atoms. The number of benzene rings is 1. The van der Waals surface area contributed by atoms with Gasteiger partial charge in [0.2, 0.25) is 5.91 Å². The van der Waals surface area contributed by atoms with Crippen LogP contribution in [0.5, 0.6) is 0 Å². The number of nitrogens with zero attached hydrogens (tertiary/aromatic N) is 2. The number of aliphatic hydroxyl groups is 2. The summed E-state index contributed by atoms with van der Waals surface area (Å²) in [6, 6.07) is 6.22. The maximum absolute atomic E-state index is 12.1. The molecule has 3 amide bonds. The molecule has 0 unspecified atom stereocenters. The van der Waals surface area contributed by atoms with Crippen molar-refractivity contribution in [2.24, 2.45) is 0 Å². The third-order valence-electron chi connectivity index (χ3n) is 3.62. The summed E-state index contributed by atoms with van der Waals surface area (Å²) in [6.07, 6.45) is 0.209. The van der Waals surface area contributed by atoms with E-state index in [0.717, 1.165) is 5.69 Å². The van der Waals surface area contributed by atoms with Gasteiger partial charge < -0.3 is 25.3 Å². The van der Waals surface area contributed by atoms with Gasteiger partial charge in [0.15, 0.2) is 0 Å². The van der Waals surface area contributed by atoms with E-state index in [1.807, 2.05) is 0 Å². The molecule has 1 aliphatic heterocycles. The topological polar surface area (TPSA) is 93.1 Å². The molecule has 1 atom stereocenters. The highest BCUT2D eigenvalue weighted by Crippen LogP contribution is 2.23. The van der Waals surface area contributed by atoms with Gasteiger partial charge in [0.25, 0.3) is 0 Å². The molecule has 0 saturated carbocycles. The van der Waals surface area contributed by atoms with Gasteiger partial charge in [0, 0.05) is 36.8 Å². The Morgan fingerprint density at radius 3 is 2.43 bits per heavy atom. The standard InChI is InChI=1S/C15H20ClN3O4/c16-11-1-3-13(4-2-11)19-10-12(9-14(19)22)17-15(23)18(5-7-20)6-8-21/h1-4,12,20-21H,5-10H2,(H,17,23)/t12-/m1/s1. The molecule has 0 aliphatic carbocycles. The number of aliphatic hydroxyl groups excluding tert-OH is 2. The van der Waals surface area contributed by atoms with Crippen LogP contribution in [0.1, 0.15) is 6.42 Å². The van der Waals surface area contributed by atoms with Crippen molar-refractivity contribution >= 4 is 29.2 Å². The predicted octanol–water partition coefficient (Wildman–Crippen LogP) is 0.441. The summed E-state index contributed by atoms with van der Waals surface area (Å²) in [5, 5.41) is 21.3. The summed E-state index contributed by atoms with van der Waals surface area (Å²) in [7, 11) is 0. The first kappa shape index (κ1) is 17.5. The molecule has 7 nitrogen and oxygen atoms in total. The highest BCUT2D eigenvalue weighted by atomic mass is 35.5. The van der Waals surface area contributed by atoms with Crippen molar-refractivity contribution in [2.75, 3.05) is 37.7 Å². The molecule has 1 fully saturated rings. The SMILES string of the molecule is O=C(N[C@@H]1CC(=O)N(c2ccc(Cl)cc2)C1)N(CCO)CCO. The Morgan fingerprint density at radius 1 is 1.26 bits per heavy atom. The number of nitrogens with one attached hydrogen (secondary N) is 1. The van der Waals surface area contributed by atoms with Crippen LogP contribution >= 0.6 is 11.6 Å². The lowest BCUT2D eigenvalue weighted by atomic mass is 10.2. The van der Waals surface area contributed by atoms with E-state index in [4.69, 9.17) is 21.8 Å². The van der Waals surface area contributed by atoms with Crippen LogP contribution in [0.2, 0.25) is 5.02 Å². The molecule has 3 N–H and O–H groups in total. The fourth-order valence-corrected chi connectivity index (χ4v) is 2.62. The van der Waals surface area contributed by atoms with Gasteiger partial charge in [-0.3, -0.25) is 4.79 Å². The number of carbonyl (C=O) groups is 2. The molecule has 1 aliphatic rings. The van der Waals surface area contributed by atoms with Crippen LogP contribution in [-0.2, 0) is 4.79 Å². The number of hydrogen-bond donors (Lipinski definition) is 3. The molecule has 1 aromatic rings. The minimum Gasteiger partial charge on any atom is -0.395 e. The first-order chi connectivity index (χ1) is 11.0. The zero-order valence-corrected chi connectivity index (χ0v) is 13.4. The number of halogens is 1. The highest BCUT2D eigenvalue weighted by molar-refractivity contribution is 6.30. The van der Waals surface area contributed by atoms with Gasteiger partial charge in [0.05, 0.1) is 19.3 Å². The second-order valence-corrected chi connectivity index (χ2v) is 5.70. The third kappa shape index (κ3) is 4.57. The first-order valence-corrected chi connectivity index (χ1v) is 7.76. The predicted molar refractivity (Wildman–Crippen MR) is 86.5 cm³/mol. The Bertz CT molecular complexity index is 546. The van der Waals surface area contributed by atoms with E-state index in [9.17, 15) is 9.59 Å². The number of amides is 3. The molecular formula is C15H20ClN3O4. The average Bonchev–Trinajstić information content (AvgIpc) is 2.88. The fourth-order valence-electron chi connectivity index (χ4n) is 2.50. The molecule has 126 valence electrons. The minimum atomic E-state index is -0.399. The second kappa shape index (κ2) is 8.14. The lowest BCUT2D eigenvalue weighted by Gasteiger charge is -2.23. The molecule has 1 heterocycles. The number of carbonyl (C=O) groups excluding carboxylic acids is 2. The van der Waals surface area contributed by atoms with Crippen molar-refractivity contribution in [2.45, 2.75) is 12.5 Å². The van der Waals surface area contributed by atoms with Crippen molar-refractivity contribution in [3.63, 3.8) is 0 Å². The Kier molecular flexibility index (Phi) is 6.20. The monoisotopic (exact) mass is 341 g/mol. The van der Waals surface area contributed by atoms with E-state index in [2.05, 4.69) is 5.32 Å².